The van der Waals surface area contributed by atoms with Crippen LogP contribution in [0.2, 0.25) is 5.15 Å². The second-order valence-corrected chi connectivity index (χ2v) is 7.88. The van der Waals surface area contributed by atoms with Crippen molar-refractivity contribution in [1.29, 1.82) is 0 Å². The first-order chi connectivity index (χ1) is 14.6. The topological polar surface area (TPSA) is 37.8 Å². The third-order valence-electron chi connectivity index (χ3n) is 5.53. The minimum Gasteiger partial charge on any atom is -0.497 e. The molecule has 0 spiro atoms. The van der Waals surface area contributed by atoms with Crippen molar-refractivity contribution in [3.05, 3.63) is 64.6 Å². The van der Waals surface area contributed by atoms with E-state index in [-0.39, 0.29) is 11.6 Å². The zero-order chi connectivity index (χ0) is 21.1. The Bertz CT molecular complexity index is 1040. The molecule has 1 aliphatic rings. The van der Waals surface area contributed by atoms with Gasteiger partial charge in [-0.15, -0.1) is 0 Å². The molecule has 1 saturated heterocycles. The van der Waals surface area contributed by atoms with Crippen molar-refractivity contribution in [2.75, 3.05) is 40.4 Å². The SMILES string of the molecule is COc1ccc2cc(CN3CCN(Cc4ccc(OC)c(F)c4)CC3)c(Cl)nc2c1. The molecule has 7 heteroatoms. The molecule has 0 bridgehead atoms. The summed E-state index contributed by atoms with van der Waals surface area (Å²) in [5.41, 5.74) is 2.82. The van der Waals surface area contributed by atoms with Crippen molar-refractivity contribution < 1.29 is 13.9 Å². The van der Waals surface area contributed by atoms with E-state index in [1.807, 2.05) is 24.3 Å². The number of hydrogen-bond acceptors (Lipinski definition) is 5. The van der Waals surface area contributed by atoms with E-state index in [0.717, 1.165) is 67.0 Å². The first-order valence-corrected chi connectivity index (χ1v) is 10.3. The summed E-state index contributed by atoms with van der Waals surface area (Å²) in [6, 6.07) is 13.1. The lowest BCUT2D eigenvalue weighted by atomic mass is 10.1. The van der Waals surface area contributed by atoms with Crippen molar-refractivity contribution in [2.45, 2.75) is 13.1 Å². The highest BCUT2D eigenvalue weighted by Gasteiger charge is 2.19. The average Bonchev–Trinajstić information content (AvgIpc) is 2.75. The highest BCUT2D eigenvalue weighted by atomic mass is 35.5. The Morgan fingerprint density at radius 1 is 0.933 bits per heavy atom. The van der Waals surface area contributed by atoms with E-state index in [9.17, 15) is 4.39 Å². The van der Waals surface area contributed by atoms with Gasteiger partial charge in [0, 0.05) is 56.3 Å². The Hall–Kier alpha value is -2.41. The Morgan fingerprint density at radius 2 is 1.67 bits per heavy atom. The molecule has 1 aliphatic heterocycles. The van der Waals surface area contributed by atoms with E-state index in [1.165, 1.54) is 7.11 Å². The van der Waals surface area contributed by atoms with Crippen LogP contribution in [-0.4, -0.2) is 55.2 Å². The normalized spacial score (nSPS) is 15.5. The second kappa shape index (κ2) is 9.16. The summed E-state index contributed by atoms with van der Waals surface area (Å²) in [7, 11) is 3.12. The number of hydrogen-bond donors (Lipinski definition) is 0. The van der Waals surface area contributed by atoms with Crippen molar-refractivity contribution in [3.63, 3.8) is 0 Å². The number of pyridine rings is 1. The van der Waals surface area contributed by atoms with Crippen LogP contribution in [0.15, 0.2) is 42.5 Å². The van der Waals surface area contributed by atoms with Gasteiger partial charge in [0.25, 0.3) is 0 Å². The number of halogens is 2. The van der Waals surface area contributed by atoms with Gasteiger partial charge in [-0.25, -0.2) is 9.37 Å². The monoisotopic (exact) mass is 429 g/mol. The number of fused-ring (bicyclic) bond motifs is 1. The fraction of sp³-hybridized carbons (Fsp3) is 0.348. The van der Waals surface area contributed by atoms with Gasteiger partial charge in [0.1, 0.15) is 10.9 Å². The lowest BCUT2D eigenvalue weighted by molar-refractivity contribution is 0.122. The molecule has 0 amide bonds. The van der Waals surface area contributed by atoms with Crippen molar-refractivity contribution in [3.8, 4) is 11.5 Å². The predicted molar refractivity (Wildman–Crippen MR) is 117 cm³/mol. The fourth-order valence-corrected chi connectivity index (χ4v) is 4.02. The van der Waals surface area contributed by atoms with E-state index < -0.39 is 0 Å². The zero-order valence-corrected chi connectivity index (χ0v) is 18.0. The van der Waals surface area contributed by atoms with Gasteiger partial charge in [0.2, 0.25) is 0 Å². The summed E-state index contributed by atoms with van der Waals surface area (Å²) < 4.78 is 24.2. The van der Waals surface area contributed by atoms with Gasteiger partial charge in [0.15, 0.2) is 11.6 Å². The number of methoxy groups -OCH3 is 2. The maximum atomic E-state index is 13.9. The molecule has 0 unspecified atom stereocenters. The average molecular weight is 430 g/mol. The van der Waals surface area contributed by atoms with Gasteiger partial charge in [0.05, 0.1) is 19.7 Å². The molecule has 2 heterocycles. The number of ether oxygens (including phenoxy) is 2. The quantitative estimate of drug-likeness (QED) is 0.544. The highest BCUT2D eigenvalue weighted by Crippen LogP contribution is 2.26. The van der Waals surface area contributed by atoms with Crippen molar-refractivity contribution in [2.24, 2.45) is 0 Å². The van der Waals surface area contributed by atoms with E-state index in [2.05, 4.69) is 20.9 Å². The van der Waals surface area contributed by atoms with Gasteiger partial charge >= 0.3 is 0 Å². The molecule has 4 rings (SSSR count). The van der Waals surface area contributed by atoms with Gasteiger partial charge in [-0.2, -0.15) is 0 Å². The van der Waals surface area contributed by atoms with Crippen LogP contribution in [0, 0.1) is 5.82 Å². The smallest absolute Gasteiger partial charge is 0.165 e. The standard InChI is InChI=1S/C23H25ClFN3O2/c1-29-19-5-4-17-12-18(23(24)26-21(17)13-19)15-28-9-7-27(8-10-28)14-16-3-6-22(30-2)20(25)11-16/h3-6,11-13H,7-10,14-15H2,1-2H3. The lowest BCUT2D eigenvalue weighted by Crippen LogP contribution is -2.45. The van der Waals surface area contributed by atoms with Crippen LogP contribution < -0.4 is 9.47 Å². The molecule has 0 saturated carbocycles. The number of aromatic nitrogens is 1. The molecule has 5 nitrogen and oxygen atoms in total. The second-order valence-electron chi connectivity index (χ2n) is 7.52. The lowest BCUT2D eigenvalue weighted by Gasteiger charge is -2.34. The van der Waals surface area contributed by atoms with Gasteiger partial charge in [-0.1, -0.05) is 17.7 Å². The number of rotatable bonds is 6. The van der Waals surface area contributed by atoms with E-state index in [4.69, 9.17) is 21.1 Å². The number of piperazine rings is 1. The number of nitrogens with zero attached hydrogens (tertiary/aromatic N) is 3. The molecule has 30 heavy (non-hydrogen) atoms. The summed E-state index contributed by atoms with van der Waals surface area (Å²) in [6.45, 7) is 5.19. The Kier molecular flexibility index (Phi) is 6.37. The predicted octanol–water partition coefficient (Wildman–Crippen LogP) is 4.36. The Morgan fingerprint density at radius 3 is 2.33 bits per heavy atom. The third kappa shape index (κ3) is 4.67. The van der Waals surface area contributed by atoms with Crippen LogP contribution in [0.25, 0.3) is 10.9 Å². The fourth-order valence-electron chi connectivity index (χ4n) is 3.82. The summed E-state index contributed by atoms with van der Waals surface area (Å²) in [4.78, 5) is 9.26. The first-order valence-electron chi connectivity index (χ1n) is 9.96. The highest BCUT2D eigenvalue weighted by molar-refractivity contribution is 6.30. The Labute approximate surface area is 181 Å². The molecule has 2 aromatic carbocycles. The van der Waals surface area contributed by atoms with Gasteiger partial charge < -0.3 is 9.47 Å². The van der Waals surface area contributed by atoms with Crippen LogP contribution >= 0.6 is 11.6 Å². The van der Waals surface area contributed by atoms with Crippen LogP contribution in [0.5, 0.6) is 11.5 Å². The summed E-state index contributed by atoms with van der Waals surface area (Å²) in [5, 5.41) is 1.59. The summed E-state index contributed by atoms with van der Waals surface area (Å²) >= 11 is 6.46. The minimum absolute atomic E-state index is 0.280. The summed E-state index contributed by atoms with van der Waals surface area (Å²) in [6.07, 6.45) is 0. The van der Waals surface area contributed by atoms with Crippen LogP contribution in [0.4, 0.5) is 4.39 Å². The molecule has 3 aromatic rings. The largest absolute Gasteiger partial charge is 0.497 e. The first kappa shape index (κ1) is 20.8. The molecule has 0 atom stereocenters. The third-order valence-corrected chi connectivity index (χ3v) is 5.86. The van der Waals surface area contributed by atoms with Gasteiger partial charge in [-0.05, 0) is 35.9 Å². The molecular formula is C23H25ClFN3O2. The Balaban J connectivity index is 1.36. The van der Waals surface area contributed by atoms with E-state index in [1.54, 1.807) is 19.2 Å². The minimum atomic E-state index is -0.315. The zero-order valence-electron chi connectivity index (χ0n) is 17.2. The van der Waals surface area contributed by atoms with Crippen molar-refractivity contribution in [1.82, 2.24) is 14.8 Å². The number of benzene rings is 2. The van der Waals surface area contributed by atoms with Crippen LogP contribution in [0.3, 0.4) is 0 Å². The van der Waals surface area contributed by atoms with Crippen molar-refractivity contribution >= 4 is 22.5 Å². The van der Waals surface area contributed by atoms with Crippen LogP contribution in [0.1, 0.15) is 11.1 Å². The van der Waals surface area contributed by atoms with Crippen LogP contribution in [-0.2, 0) is 13.1 Å². The molecule has 158 valence electrons. The van der Waals surface area contributed by atoms with E-state index >= 15 is 0 Å². The molecular weight excluding hydrogens is 405 g/mol. The molecule has 1 fully saturated rings. The maximum absolute atomic E-state index is 13.9. The molecule has 0 aliphatic carbocycles. The van der Waals surface area contributed by atoms with Gasteiger partial charge in [-0.3, -0.25) is 9.80 Å². The maximum Gasteiger partial charge on any atom is 0.165 e. The van der Waals surface area contributed by atoms with E-state index in [0.29, 0.717) is 5.15 Å². The molecule has 0 N–H and O–H groups in total. The molecule has 1 aromatic heterocycles. The summed E-state index contributed by atoms with van der Waals surface area (Å²) in [5.74, 6) is 0.735. The molecule has 0 radical (unpaired) electrons.